The molecule has 0 aliphatic rings. The van der Waals surface area contributed by atoms with E-state index in [-0.39, 0.29) is 12.5 Å². The molecule has 1 unspecified atom stereocenters. The van der Waals surface area contributed by atoms with Crippen molar-refractivity contribution in [3.63, 3.8) is 0 Å². The molecule has 0 fully saturated rings. The summed E-state index contributed by atoms with van der Waals surface area (Å²) in [4.78, 5) is 0. The summed E-state index contributed by atoms with van der Waals surface area (Å²) in [5.41, 5.74) is 1.98. The van der Waals surface area contributed by atoms with E-state index in [0.717, 1.165) is 11.1 Å². The second-order valence-electron chi connectivity index (χ2n) is 5.39. The normalized spacial score (nSPS) is 14.1. The Labute approximate surface area is 133 Å². The number of hydrogen-bond acceptors (Lipinski definition) is 3. The molecule has 5 nitrogen and oxygen atoms in total. The standard InChI is InChI=1S/C16H23N3O2S/c1-14(12-16-8-6-5-7-9-16)13-18(3)22(20,21)19(4)15(2)10-11-17/h5-9,12,15H,10,13H2,1-4H3. The van der Waals surface area contributed by atoms with Gasteiger partial charge < -0.3 is 0 Å². The van der Waals surface area contributed by atoms with Crippen LogP contribution in [-0.4, -0.2) is 43.7 Å². The zero-order valence-corrected chi connectivity index (χ0v) is 14.3. The second-order valence-corrected chi connectivity index (χ2v) is 7.49. The Morgan fingerprint density at radius 2 is 1.91 bits per heavy atom. The molecule has 0 N–H and O–H groups in total. The minimum Gasteiger partial charge on any atom is -0.198 e. The van der Waals surface area contributed by atoms with Crippen LogP contribution < -0.4 is 0 Å². The van der Waals surface area contributed by atoms with Crippen molar-refractivity contribution in [3.8, 4) is 6.07 Å². The van der Waals surface area contributed by atoms with Crippen molar-refractivity contribution in [1.29, 1.82) is 5.26 Å². The molecule has 0 aliphatic heterocycles. The number of nitriles is 1. The minimum absolute atomic E-state index is 0.169. The molecule has 22 heavy (non-hydrogen) atoms. The van der Waals surface area contributed by atoms with Crippen LogP contribution >= 0.6 is 0 Å². The third-order valence-corrected chi connectivity index (χ3v) is 5.45. The van der Waals surface area contributed by atoms with Crippen LogP contribution in [0.3, 0.4) is 0 Å². The molecule has 0 saturated heterocycles. The van der Waals surface area contributed by atoms with Crippen LogP contribution in [0.1, 0.15) is 25.8 Å². The maximum absolute atomic E-state index is 12.4. The molecule has 0 amide bonds. The van der Waals surface area contributed by atoms with E-state index in [1.807, 2.05) is 49.4 Å². The van der Waals surface area contributed by atoms with Gasteiger partial charge in [0.25, 0.3) is 10.2 Å². The van der Waals surface area contributed by atoms with Crippen molar-refractivity contribution < 1.29 is 8.42 Å². The van der Waals surface area contributed by atoms with Crippen LogP contribution in [-0.2, 0) is 10.2 Å². The molecule has 1 rings (SSSR count). The Hall–Kier alpha value is -1.68. The monoisotopic (exact) mass is 321 g/mol. The van der Waals surface area contributed by atoms with Gasteiger partial charge in [-0.1, -0.05) is 42.0 Å². The Balaban J connectivity index is 2.81. The van der Waals surface area contributed by atoms with Gasteiger partial charge in [-0.2, -0.15) is 22.3 Å². The van der Waals surface area contributed by atoms with Gasteiger partial charge in [0.15, 0.2) is 0 Å². The minimum atomic E-state index is -3.57. The number of hydrogen-bond donors (Lipinski definition) is 0. The van der Waals surface area contributed by atoms with E-state index in [2.05, 4.69) is 0 Å². The number of likely N-dealkylation sites (N-methyl/N-ethyl adjacent to an activating group) is 1. The number of benzene rings is 1. The summed E-state index contributed by atoms with van der Waals surface area (Å²) in [6.45, 7) is 3.93. The van der Waals surface area contributed by atoms with Gasteiger partial charge in [0.1, 0.15) is 0 Å². The lowest BCUT2D eigenvalue weighted by Crippen LogP contribution is -2.44. The van der Waals surface area contributed by atoms with E-state index < -0.39 is 10.2 Å². The van der Waals surface area contributed by atoms with Crippen LogP contribution in [0.25, 0.3) is 6.08 Å². The average Bonchev–Trinajstić information content (AvgIpc) is 2.47. The smallest absolute Gasteiger partial charge is 0.198 e. The lowest BCUT2D eigenvalue weighted by Gasteiger charge is -2.28. The molecular weight excluding hydrogens is 298 g/mol. The molecule has 1 atom stereocenters. The van der Waals surface area contributed by atoms with Gasteiger partial charge in [-0.05, 0) is 19.4 Å². The molecule has 0 radical (unpaired) electrons. The predicted molar refractivity (Wildman–Crippen MR) is 89.1 cm³/mol. The Bertz CT molecular complexity index is 648. The second kappa shape index (κ2) is 8.08. The maximum atomic E-state index is 12.4. The van der Waals surface area contributed by atoms with Crippen LogP contribution in [0.4, 0.5) is 0 Å². The van der Waals surface area contributed by atoms with Gasteiger partial charge in [-0.25, -0.2) is 0 Å². The first-order valence-corrected chi connectivity index (χ1v) is 8.47. The van der Waals surface area contributed by atoms with Gasteiger partial charge >= 0.3 is 0 Å². The average molecular weight is 321 g/mol. The first kappa shape index (κ1) is 18.4. The molecule has 0 heterocycles. The first-order chi connectivity index (χ1) is 10.3. The summed E-state index contributed by atoms with van der Waals surface area (Å²) in [5, 5.41) is 8.71. The fourth-order valence-electron chi connectivity index (χ4n) is 2.02. The lowest BCUT2D eigenvalue weighted by molar-refractivity contribution is 0.353. The largest absolute Gasteiger partial charge is 0.282 e. The molecule has 1 aromatic carbocycles. The summed E-state index contributed by atoms with van der Waals surface area (Å²) in [7, 11) is -0.520. The van der Waals surface area contributed by atoms with Gasteiger partial charge in [-0.15, -0.1) is 0 Å². The number of nitrogens with zero attached hydrogens (tertiary/aromatic N) is 3. The summed E-state index contributed by atoms with van der Waals surface area (Å²) >= 11 is 0. The molecule has 0 aromatic heterocycles. The fraction of sp³-hybridized carbons (Fsp3) is 0.438. The summed E-state index contributed by atoms with van der Waals surface area (Å²) < 4.78 is 27.4. The highest BCUT2D eigenvalue weighted by Gasteiger charge is 2.27. The van der Waals surface area contributed by atoms with Crippen molar-refractivity contribution >= 4 is 16.3 Å². The quantitative estimate of drug-likeness (QED) is 0.775. The highest BCUT2D eigenvalue weighted by molar-refractivity contribution is 7.86. The summed E-state index contributed by atoms with van der Waals surface area (Å²) in [6, 6.07) is 11.4. The van der Waals surface area contributed by atoms with Crippen molar-refractivity contribution in [2.45, 2.75) is 26.3 Å². The molecule has 0 aliphatic carbocycles. The molecule has 0 saturated carbocycles. The van der Waals surface area contributed by atoms with Crippen molar-refractivity contribution in [2.75, 3.05) is 20.6 Å². The Kier molecular flexibility index (Phi) is 6.75. The van der Waals surface area contributed by atoms with E-state index in [9.17, 15) is 8.42 Å². The van der Waals surface area contributed by atoms with Gasteiger partial charge in [0, 0.05) is 26.7 Å². The molecular formula is C16H23N3O2S. The fourth-order valence-corrected chi connectivity index (χ4v) is 3.36. The van der Waals surface area contributed by atoms with Crippen LogP contribution in [0, 0.1) is 11.3 Å². The van der Waals surface area contributed by atoms with E-state index in [1.54, 1.807) is 14.0 Å². The third-order valence-electron chi connectivity index (χ3n) is 3.45. The zero-order valence-electron chi connectivity index (χ0n) is 13.5. The number of rotatable bonds is 7. The third kappa shape index (κ3) is 4.95. The van der Waals surface area contributed by atoms with E-state index in [1.165, 1.54) is 15.7 Å². The van der Waals surface area contributed by atoms with Gasteiger partial charge in [0.2, 0.25) is 0 Å². The first-order valence-electron chi connectivity index (χ1n) is 7.07. The van der Waals surface area contributed by atoms with Crippen LogP contribution in [0.5, 0.6) is 0 Å². The van der Waals surface area contributed by atoms with Crippen molar-refractivity contribution in [3.05, 3.63) is 41.5 Å². The van der Waals surface area contributed by atoms with E-state index in [4.69, 9.17) is 5.26 Å². The molecule has 1 aromatic rings. The highest BCUT2D eigenvalue weighted by Crippen LogP contribution is 2.14. The topological polar surface area (TPSA) is 64.4 Å². The Morgan fingerprint density at radius 3 is 2.45 bits per heavy atom. The summed E-state index contributed by atoms with van der Waals surface area (Å²) in [6.07, 6.45) is 2.13. The van der Waals surface area contributed by atoms with Crippen LogP contribution in [0.15, 0.2) is 35.9 Å². The maximum Gasteiger partial charge on any atom is 0.282 e. The molecule has 120 valence electrons. The summed E-state index contributed by atoms with van der Waals surface area (Å²) in [5.74, 6) is 0. The lowest BCUT2D eigenvalue weighted by atomic mass is 10.1. The van der Waals surface area contributed by atoms with E-state index in [0.29, 0.717) is 6.54 Å². The van der Waals surface area contributed by atoms with Crippen molar-refractivity contribution in [2.24, 2.45) is 0 Å². The van der Waals surface area contributed by atoms with Crippen LogP contribution in [0.2, 0.25) is 0 Å². The molecule has 6 heteroatoms. The van der Waals surface area contributed by atoms with Gasteiger partial charge in [0.05, 0.1) is 12.5 Å². The van der Waals surface area contributed by atoms with Crippen molar-refractivity contribution in [1.82, 2.24) is 8.61 Å². The molecule has 0 bridgehead atoms. The SMILES string of the molecule is CC(=Cc1ccccc1)CN(C)S(=O)(=O)N(C)C(C)CC#N. The Morgan fingerprint density at radius 1 is 1.32 bits per heavy atom. The zero-order chi connectivity index (χ0) is 16.8. The van der Waals surface area contributed by atoms with Gasteiger partial charge in [-0.3, -0.25) is 0 Å². The predicted octanol–water partition coefficient (Wildman–Crippen LogP) is 2.50. The molecule has 0 spiro atoms. The highest BCUT2D eigenvalue weighted by atomic mass is 32.2. The van der Waals surface area contributed by atoms with E-state index >= 15 is 0 Å².